The number of ether oxygens (including phenoxy) is 4. The van der Waals surface area contributed by atoms with Gasteiger partial charge in [0.15, 0.2) is 29.7 Å². The number of hydrogen-bond acceptors (Lipinski definition) is 10. The summed E-state index contributed by atoms with van der Waals surface area (Å²) < 4.78 is 63.2. The van der Waals surface area contributed by atoms with Gasteiger partial charge in [-0.05, 0) is 36.1 Å². The zero-order valence-electron chi connectivity index (χ0n) is 19.7. The Bertz CT molecular complexity index is 1060. The van der Waals surface area contributed by atoms with Gasteiger partial charge < -0.3 is 18.9 Å². The van der Waals surface area contributed by atoms with Crippen LogP contribution in [0.5, 0.6) is 0 Å². The summed E-state index contributed by atoms with van der Waals surface area (Å²) in [5.74, 6) is -6.31. The van der Waals surface area contributed by atoms with E-state index < -0.39 is 65.1 Å². The van der Waals surface area contributed by atoms with Gasteiger partial charge in [-0.3, -0.25) is 19.4 Å². The predicted octanol–water partition coefficient (Wildman–Crippen LogP) is 2.98. The van der Waals surface area contributed by atoms with Gasteiger partial charge in [0.05, 0.1) is 0 Å². The van der Waals surface area contributed by atoms with E-state index in [1.807, 2.05) is 0 Å². The zero-order valence-corrected chi connectivity index (χ0v) is 20.5. The van der Waals surface area contributed by atoms with E-state index in [1.165, 1.54) is 31.3 Å². The van der Waals surface area contributed by atoms with Crippen LogP contribution in [0.3, 0.4) is 0 Å². The molecule has 1 saturated heterocycles. The van der Waals surface area contributed by atoms with E-state index >= 15 is 0 Å². The van der Waals surface area contributed by atoms with Crippen LogP contribution in [0, 0.1) is 17.5 Å². The molecule has 2 aliphatic rings. The Balaban J connectivity index is 2.09. The van der Waals surface area contributed by atoms with Crippen molar-refractivity contribution < 1.29 is 46.5 Å². The molecule has 1 fully saturated rings. The van der Waals surface area contributed by atoms with E-state index in [9.17, 15) is 27.6 Å². The summed E-state index contributed by atoms with van der Waals surface area (Å²) in [6.07, 6.45) is 0.242. The second-order valence-corrected chi connectivity index (χ2v) is 8.64. The average molecular weight is 531 g/mol. The van der Waals surface area contributed by atoms with Gasteiger partial charge in [0.1, 0.15) is 24.2 Å². The molecular formula is C23H25F3N2O7S. The van der Waals surface area contributed by atoms with Crippen LogP contribution < -0.4 is 0 Å². The summed E-state index contributed by atoms with van der Waals surface area (Å²) in [7, 11) is 0. The first-order chi connectivity index (χ1) is 17.0. The molecule has 0 radical (unpaired) electrons. The fourth-order valence-corrected chi connectivity index (χ4v) is 4.35. The third kappa shape index (κ3) is 6.58. The lowest BCUT2D eigenvalue weighted by Gasteiger charge is -2.46. The number of rotatable bonds is 6. The third-order valence-corrected chi connectivity index (χ3v) is 5.81. The highest BCUT2D eigenvalue weighted by molar-refractivity contribution is 7.80. The van der Waals surface area contributed by atoms with Crippen molar-refractivity contribution in [3.05, 3.63) is 41.3 Å². The minimum absolute atomic E-state index is 0.0703. The van der Waals surface area contributed by atoms with E-state index in [2.05, 4.69) is 17.7 Å². The van der Waals surface area contributed by atoms with E-state index in [-0.39, 0.29) is 18.6 Å². The second kappa shape index (κ2) is 11.8. The molecule has 36 heavy (non-hydrogen) atoms. The maximum atomic E-state index is 13.9. The molecule has 0 amide bonds. The number of nitrogens with zero attached hydrogens (tertiary/aromatic N) is 2. The molecule has 1 aromatic rings. The van der Waals surface area contributed by atoms with E-state index in [1.54, 1.807) is 0 Å². The van der Waals surface area contributed by atoms with E-state index in [0.29, 0.717) is 12.0 Å². The molecule has 0 aromatic heterocycles. The fourth-order valence-electron chi connectivity index (χ4n) is 3.95. The number of hydrogen-bond donors (Lipinski definition) is 1. The Morgan fingerprint density at radius 2 is 1.67 bits per heavy atom. The monoisotopic (exact) mass is 530 g/mol. The number of allylic oxidation sites excluding steroid dienone is 1. The first-order valence-electron chi connectivity index (χ1n) is 11.0. The van der Waals surface area contributed by atoms with E-state index in [0.717, 1.165) is 19.1 Å². The molecule has 3 unspecified atom stereocenters. The maximum absolute atomic E-state index is 13.9. The van der Waals surface area contributed by atoms with Crippen LogP contribution in [-0.2, 0) is 33.3 Å². The lowest BCUT2D eigenvalue weighted by Crippen LogP contribution is -2.63. The van der Waals surface area contributed by atoms with Crippen molar-refractivity contribution >= 4 is 42.3 Å². The number of esters is 3. The molecule has 0 saturated carbocycles. The zero-order chi connectivity index (χ0) is 26.6. The summed E-state index contributed by atoms with van der Waals surface area (Å²) in [4.78, 5) is 35.3. The maximum Gasteiger partial charge on any atom is 0.303 e. The first-order valence-corrected chi connectivity index (χ1v) is 11.5. The molecule has 0 bridgehead atoms. The number of halogens is 3. The Kier molecular flexibility index (Phi) is 9.01. The van der Waals surface area contributed by atoms with Gasteiger partial charge in [-0.1, -0.05) is 0 Å². The van der Waals surface area contributed by atoms with Crippen molar-refractivity contribution in [2.24, 2.45) is 5.10 Å². The molecule has 0 N–H and O–H groups in total. The normalized spacial score (nSPS) is 26.0. The van der Waals surface area contributed by atoms with Gasteiger partial charge in [0.2, 0.25) is 0 Å². The molecule has 0 aliphatic carbocycles. The quantitative estimate of drug-likeness (QED) is 0.259. The summed E-state index contributed by atoms with van der Waals surface area (Å²) in [6, 6.07) is 0.667. The van der Waals surface area contributed by atoms with Crippen molar-refractivity contribution in [1.82, 2.24) is 5.01 Å². The van der Waals surface area contributed by atoms with Gasteiger partial charge in [0.25, 0.3) is 0 Å². The number of benzene rings is 1. The molecule has 3 rings (SSSR count). The molecule has 0 spiro atoms. The van der Waals surface area contributed by atoms with Gasteiger partial charge in [-0.25, -0.2) is 13.2 Å². The minimum atomic E-state index is -1.60. The number of carbonyl (C=O) groups excluding carboxylic acids is 3. The van der Waals surface area contributed by atoms with Crippen LogP contribution in [0.25, 0.3) is 5.57 Å². The number of hydrazone groups is 1. The van der Waals surface area contributed by atoms with Crippen LogP contribution in [0.15, 0.2) is 23.4 Å². The van der Waals surface area contributed by atoms with Gasteiger partial charge in [-0.2, -0.15) is 5.10 Å². The fraction of sp³-hybridized carbons (Fsp3) is 0.478. The number of carbonyl (C=O) groups is 3. The molecule has 196 valence electrons. The molecule has 2 heterocycles. The van der Waals surface area contributed by atoms with E-state index in [4.69, 9.17) is 18.9 Å². The van der Waals surface area contributed by atoms with Crippen molar-refractivity contribution in [1.29, 1.82) is 0 Å². The predicted molar refractivity (Wildman–Crippen MR) is 123 cm³/mol. The summed E-state index contributed by atoms with van der Waals surface area (Å²) in [6.45, 7) is 3.21. The standard InChI is InChI=1S/C23H25F3N2O7S/c1-11(29)32-10-18-21(33-12(2)30)20(22(23(36)35-18)34-13(3)31)28-9-14(5-4-6-27-28)15-7-16(24)19(26)17(25)8-15/h6-9,18,20-23,36H,4-5,10H2,1-3H3/t18?,20?,21-,22?,23-/m0/s1. The first kappa shape index (κ1) is 27.5. The largest absolute Gasteiger partial charge is 0.463 e. The molecular weight excluding hydrogens is 505 g/mol. The summed E-state index contributed by atoms with van der Waals surface area (Å²) in [5.41, 5.74) is -0.601. The lowest BCUT2D eigenvalue weighted by atomic mass is 9.95. The van der Waals surface area contributed by atoms with Crippen LogP contribution in [-0.4, -0.2) is 65.5 Å². The molecule has 9 nitrogen and oxygen atoms in total. The van der Waals surface area contributed by atoms with Crippen LogP contribution in [0.2, 0.25) is 0 Å². The van der Waals surface area contributed by atoms with Crippen molar-refractivity contribution in [3.8, 4) is 0 Å². The SMILES string of the molecule is CC(=O)OCC1O[C@@H](S)C(OC(C)=O)C(N2C=C(c3cc(F)c(F)c(F)c3)CCC=N2)[C@H]1OC(C)=O. The molecule has 2 aliphatic heterocycles. The Labute approximate surface area is 210 Å². The van der Waals surface area contributed by atoms with Crippen molar-refractivity contribution in [3.63, 3.8) is 0 Å². The van der Waals surface area contributed by atoms with Gasteiger partial charge in [-0.15, -0.1) is 12.6 Å². The Morgan fingerprint density at radius 1 is 1.06 bits per heavy atom. The Hall–Kier alpha value is -3.06. The van der Waals surface area contributed by atoms with Crippen molar-refractivity contribution in [2.75, 3.05) is 6.61 Å². The highest BCUT2D eigenvalue weighted by Gasteiger charge is 2.51. The van der Waals surface area contributed by atoms with Crippen LogP contribution in [0.4, 0.5) is 13.2 Å². The highest BCUT2D eigenvalue weighted by atomic mass is 32.1. The lowest BCUT2D eigenvalue weighted by molar-refractivity contribution is -0.214. The highest BCUT2D eigenvalue weighted by Crippen LogP contribution is 2.34. The minimum Gasteiger partial charge on any atom is -0.463 e. The topological polar surface area (TPSA) is 104 Å². The summed E-state index contributed by atoms with van der Waals surface area (Å²) in [5, 5.41) is 5.67. The van der Waals surface area contributed by atoms with Gasteiger partial charge >= 0.3 is 17.9 Å². The van der Waals surface area contributed by atoms with Crippen LogP contribution in [0.1, 0.15) is 39.2 Å². The third-order valence-electron chi connectivity index (χ3n) is 5.40. The second-order valence-electron chi connectivity index (χ2n) is 8.13. The number of thiol groups is 1. The molecule has 1 aromatic carbocycles. The molecule has 5 atom stereocenters. The van der Waals surface area contributed by atoms with Gasteiger partial charge in [0, 0.05) is 33.2 Å². The average Bonchev–Trinajstić information content (AvgIpc) is 3.03. The summed E-state index contributed by atoms with van der Waals surface area (Å²) >= 11 is 4.38. The van der Waals surface area contributed by atoms with Crippen LogP contribution >= 0.6 is 12.6 Å². The smallest absolute Gasteiger partial charge is 0.303 e. The van der Waals surface area contributed by atoms with Crippen molar-refractivity contribution in [2.45, 2.75) is 63.4 Å². The Morgan fingerprint density at radius 3 is 2.25 bits per heavy atom. The molecule has 13 heteroatoms.